The highest BCUT2D eigenvalue weighted by Gasteiger charge is 2.17. The lowest BCUT2D eigenvalue weighted by Gasteiger charge is -2.12. The molecule has 6 nitrogen and oxygen atoms in total. The van der Waals surface area contributed by atoms with Crippen LogP contribution in [0, 0.1) is 0 Å². The van der Waals surface area contributed by atoms with Crippen LogP contribution in [0.4, 0.5) is 5.69 Å². The first kappa shape index (κ1) is 15.6. The average Bonchev–Trinajstić information content (AvgIpc) is 2.86. The minimum Gasteiger partial charge on any atom is -0.392 e. The van der Waals surface area contributed by atoms with Gasteiger partial charge in [-0.15, -0.1) is 0 Å². The number of nitrogens with one attached hydrogen (secondary N) is 1. The second-order valence-electron chi connectivity index (χ2n) is 5.52. The second-order valence-corrected chi connectivity index (χ2v) is 7.53. The van der Waals surface area contributed by atoms with Gasteiger partial charge in [-0.2, -0.15) is 0 Å². The maximum Gasteiger partial charge on any atom is 0.175 e. The predicted molar refractivity (Wildman–Crippen MR) is 90.6 cm³/mol. The number of aliphatic hydroxyl groups excluding tert-OH is 1. The zero-order valence-corrected chi connectivity index (χ0v) is 13.7. The number of aliphatic hydroxyl groups is 1. The van der Waals surface area contributed by atoms with Gasteiger partial charge in [0.15, 0.2) is 9.84 Å². The Bertz CT molecular complexity index is 946. The molecule has 1 aromatic heterocycles. The van der Waals surface area contributed by atoms with E-state index in [0.717, 1.165) is 11.1 Å². The van der Waals surface area contributed by atoms with Crippen molar-refractivity contribution in [2.45, 2.75) is 11.8 Å². The van der Waals surface area contributed by atoms with Crippen molar-refractivity contribution in [2.75, 3.05) is 24.7 Å². The van der Waals surface area contributed by atoms with Gasteiger partial charge in [-0.05, 0) is 36.8 Å². The number of aliphatic imine (C=N–C) groups is 1. The van der Waals surface area contributed by atoms with Crippen molar-refractivity contribution in [1.82, 2.24) is 4.98 Å². The van der Waals surface area contributed by atoms with Gasteiger partial charge in [0.05, 0.1) is 29.3 Å². The summed E-state index contributed by atoms with van der Waals surface area (Å²) in [6.07, 6.45) is 2.82. The molecule has 0 spiro atoms. The molecule has 0 bridgehead atoms. The van der Waals surface area contributed by atoms with Crippen molar-refractivity contribution in [3.8, 4) is 0 Å². The number of hydrogen-bond donors (Lipinski definition) is 2. The van der Waals surface area contributed by atoms with Crippen molar-refractivity contribution >= 4 is 32.3 Å². The molecular formula is C16H17N3O3S. The molecule has 0 unspecified atom stereocenters. The quantitative estimate of drug-likeness (QED) is 0.894. The molecule has 1 aliphatic rings. The number of hydrogen-bond acceptors (Lipinski definition) is 6. The third-order valence-electron chi connectivity index (χ3n) is 3.83. The first-order valence-electron chi connectivity index (χ1n) is 7.10. The molecule has 1 aromatic carbocycles. The summed E-state index contributed by atoms with van der Waals surface area (Å²) in [5.41, 5.74) is 3.19. The van der Waals surface area contributed by atoms with Crippen LogP contribution in [0.3, 0.4) is 0 Å². The second kappa shape index (κ2) is 5.75. The van der Waals surface area contributed by atoms with Gasteiger partial charge in [0.2, 0.25) is 0 Å². The number of aromatic nitrogens is 1. The van der Waals surface area contributed by atoms with Gasteiger partial charge in [-0.1, -0.05) is 0 Å². The number of fused-ring (bicyclic) bond motifs is 1. The minimum atomic E-state index is -3.30. The highest BCUT2D eigenvalue weighted by molar-refractivity contribution is 7.90. The maximum absolute atomic E-state index is 11.8. The van der Waals surface area contributed by atoms with Crippen LogP contribution in [0.25, 0.3) is 10.9 Å². The Balaban J connectivity index is 2.08. The van der Waals surface area contributed by atoms with E-state index in [0.29, 0.717) is 29.0 Å². The Morgan fingerprint density at radius 1 is 1.30 bits per heavy atom. The number of nitrogens with zero attached hydrogens (tertiary/aromatic N) is 2. The fraction of sp³-hybridized carbons (Fsp3) is 0.250. The summed E-state index contributed by atoms with van der Waals surface area (Å²) in [5, 5.41) is 13.4. The summed E-state index contributed by atoms with van der Waals surface area (Å²) >= 11 is 0. The van der Waals surface area contributed by atoms with Crippen molar-refractivity contribution in [3.63, 3.8) is 0 Å². The number of amidine groups is 1. The van der Waals surface area contributed by atoms with Crippen molar-refractivity contribution in [2.24, 2.45) is 4.99 Å². The van der Waals surface area contributed by atoms with Crippen LogP contribution in [0.1, 0.15) is 6.92 Å². The van der Waals surface area contributed by atoms with Gasteiger partial charge in [0, 0.05) is 23.4 Å². The standard InChI is InChI=1S/C16H17N3O3S/c1-10-8-18-16(13(10)9-20)19-15-5-6-17-14-4-3-11(7-12(14)15)23(2,21)22/h3-7,20H,8-9H2,1-2H3,(H,17,18,19). The lowest BCUT2D eigenvalue weighted by Crippen LogP contribution is -2.15. The molecule has 120 valence electrons. The van der Waals surface area contributed by atoms with E-state index in [4.69, 9.17) is 0 Å². The lowest BCUT2D eigenvalue weighted by molar-refractivity contribution is 0.336. The lowest BCUT2D eigenvalue weighted by atomic mass is 10.1. The molecule has 7 heteroatoms. The Morgan fingerprint density at radius 3 is 2.78 bits per heavy atom. The molecule has 23 heavy (non-hydrogen) atoms. The van der Waals surface area contributed by atoms with Crippen LogP contribution in [0.15, 0.2) is 51.5 Å². The molecule has 0 saturated carbocycles. The minimum absolute atomic E-state index is 0.0880. The third-order valence-corrected chi connectivity index (χ3v) is 4.94. The third kappa shape index (κ3) is 2.97. The molecule has 0 radical (unpaired) electrons. The molecule has 0 atom stereocenters. The van der Waals surface area contributed by atoms with Crippen molar-refractivity contribution < 1.29 is 13.5 Å². The molecule has 0 aliphatic carbocycles. The van der Waals surface area contributed by atoms with Crippen LogP contribution in [0.5, 0.6) is 0 Å². The molecule has 3 rings (SSSR count). The predicted octanol–water partition coefficient (Wildman–Crippen LogP) is 1.77. The largest absolute Gasteiger partial charge is 0.392 e. The zero-order valence-electron chi connectivity index (χ0n) is 12.9. The molecular weight excluding hydrogens is 314 g/mol. The van der Waals surface area contributed by atoms with E-state index >= 15 is 0 Å². The fourth-order valence-corrected chi connectivity index (χ4v) is 3.16. The fourth-order valence-electron chi connectivity index (χ4n) is 2.51. The number of anilines is 1. The van der Waals surface area contributed by atoms with Crippen molar-refractivity contribution in [3.05, 3.63) is 41.6 Å². The Kier molecular flexibility index (Phi) is 3.91. The van der Waals surface area contributed by atoms with Gasteiger partial charge in [-0.3, -0.25) is 9.98 Å². The highest BCUT2D eigenvalue weighted by atomic mass is 32.2. The summed E-state index contributed by atoms with van der Waals surface area (Å²) in [4.78, 5) is 8.87. The molecule has 0 amide bonds. The maximum atomic E-state index is 11.8. The molecule has 0 saturated heterocycles. The van der Waals surface area contributed by atoms with E-state index in [1.165, 1.54) is 6.26 Å². The summed E-state index contributed by atoms with van der Waals surface area (Å²) < 4.78 is 23.5. The number of rotatable bonds is 3. The summed E-state index contributed by atoms with van der Waals surface area (Å²) in [6, 6.07) is 6.59. The molecule has 0 fully saturated rings. The molecule has 2 heterocycles. The van der Waals surface area contributed by atoms with Gasteiger partial charge >= 0.3 is 0 Å². The van der Waals surface area contributed by atoms with E-state index in [-0.39, 0.29) is 11.5 Å². The van der Waals surface area contributed by atoms with Gasteiger partial charge in [0.1, 0.15) is 5.84 Å². The first-order valence-corrected chi connectivity index (χ1v) is 8.99. The average molecular weight is 331 g/mol. The number of benzene rings is 1. The van der Waals surface area contributed by atoms with E-state index < -0.39 is 9.84 Å². The van der Waals surface area contributed by atoms with Crippen LogP contribution in [-0.4, -0.2) is 43.8 Å². The Morgan fingerprint density at radius 2 is 2.09 bits per heavy atom. The van der Waals surface area contributed by atoms with E-state index in [2.05, 4.69) is 15.3 Å². The Labute approximate surface area is 134 Å². The SMILES string of the molecule is CC1=C(CO)C(Nc2ccnc3ccc(S(C)(=O)=O)cc23)=NC1. The van der Waals surface area contributed by atoms with Gasteiger partial charge in [-0.25, -0.2) is 8.42 Å². The first-order chi connectivity index (χ1) is 10.9. The molecule has 1 aliphatic heterocycles. The Hall–Kier alpha value is -2.25. The van der Waals surface area contributed by atoms with Crippen LogP contribution >= 0.6 is 0 Å². The summed E-state index contributed by atoms with van der Waals surface area (Å²) in [6.45, 7) is 2.39. The van der Waals surface area contributed by atoms with Crippen LogP contribution in [-0.2, 0) is 9.84 Å². The summed E-state index contributed by atoms with van der Waals surface area (Å²) in [5.74, 6) is 0.613. The normalized spacial score (nSPS) is 15.2. The van der Waals surface area contributed by atoms with E-state index in [1.54, 1.807) is 30.5 Å². The number of pyridine rings is 1. The topological polar surface area (TPSA) is 91.6 Å². The smallest absolute Gasteiger partial charge is 0.175 e. The van der Waals surface area contributed by atoms with Crippen molar-refractivity contribution in [1.29, 1.82) is 0 Å². The molecule has 2 N–H and O–H groups in total. The van der Waals surface area contributed by atoms with E-state index in [9.17, 15) is 13.5 Å². The van der Waals surface area contributed by atoms with E-state index in [1.807, 2.05) is 6.92 Å². The van der Waals surface area contributed by atoms with Gasteiger partial charge in [0.25, 0.3) is 0 Å². The summed E-state index contributed by atoms with van der Waals surface area (Å²) in [7, 11) is -3.30. The highest BCUT2D eigenvalue weighted by Crippen LogP contribution is 2.26. The molecule has 2 aromatic rings. The monoisotopic (exact) mass is 331 g/mol. The van der Waals surface area contributed by atoms with Gasteiger partial charge < -0.3 is 10.4 Å². The number of sulfone groups is 1. The zero-order chi connectivity index (χ0) is 16.6. The van der Waals surface area contributed by atoms with Crippen LogP contribution < -0.4 is 5.32 Å². The van der Waals surface area contributed by atoms with Crippen LogP contribution in [0.2, 0.25) is 0 Å².